The SMILES string of the molecule is COc1cc(OC)cc(C(O)CCCc2ccccc2)c1. The number of hydrogen-bond donors (Lipinski definition) is 1. The van der Waals surface area contributed by atoms with E-state index in [1.165, 1.54) is 5.56 Å². The van der Waals surface area contributed by atoms with Gasteiger partial charge in [0.2, 0.25) is 0 Å². The molecule has 0 aromatic heterocycles. The molecule has 1 atom stereocenters. The van der Waals surface area contributed by atoms with Crippen molar-refractivity contribution in [1.29, 1.82) is 0 Å². The van der Waals surface area contributed by atoms with Crippen molar-refractivity contribution in [3.8, 4) is 11.5 Å². The van der Waals surface area contributed by atoms with E-state index in [4.69, 9.17) is 9.47 Å². The maximum Gasteiger partial charge on any atom is 0.122 e. The van der Waals surface area contributed by atoms with E-state index in [1.807, 2.05) is 30.3 Å². The van der Waals surface area contributed by atoms with Crippen LogP contribution in [0.25, 0.3) is 0 Å². The van der Waals surface area contributed by atoms with Crippen LogP contribution in [-0.4, -0.2) is 19.3 Å². The van der Waals surface area contributed by atoms with Crippen molar-refractivity contribution in [2.75, 3.05) is 14.2 Å². The Labute approximate surface area is 126 Å². The van der Waals surface area contributed by atoms with Crippen molar-refractivity contribution in [1.82, 2.24) is 0 Å². The zero-order chi connectivity index (χ0) is 15.1. The lowest BCUT2D eigenvalue weighted by Crippen LogP contribution is -2.00. The Morgan fingerprint density at radius 3 is 2.14 bits per heavy atom. The van der Waals surface area contributed by atoms with E-state index in [9.17, 15) is 5.11 Å². The lowest BCUT2D eigenvalue weighted by atomic mass is 10.0. The van der Waals surface area contributed by atoms with Crippen molar-refractivity contribution >= 4 is 0 Å². The van der Waals surface area contributed by atoms with Crippen LogP contribution in [0, 0.1) is 0 Å². The van der Waals surface area contributed by atoms with Crippen LogP contribution in [-0.2, 0) is 6.42 Å². The van der Waals surface area contributed by atoms with Gasteiger partial charge in [-0.3, -0.25) is 0 Å². The molecule has 2 rings (SSSR count). The van der Waals surface area contributed by atoms with Gasteiger partial charge in [0.05, 0.1) is 20.3 Å². The second-order valence-corrected chi connectivity index (χ2v) is 5.04. The van der Waals surface area contributed by atoms with E-state index in [0.717, 1.165) is 18.4 Å². The lowest BCUT2D eigenvalue weighted by molar-refractivity contribution is 0.164. The highest BCUT2D eigenvalue weighted by atomic mass is 16.5. The molecule has 2 aromatic rings. The predicted octanol–water partition coefficient (Wildman–Crippen LogP) is 3.76. The maximum absolute atomic E-state index is 10.3. The van der Waals surface area contributed by atoms with Crippen LogP contribution in [0.4, 0.5) is 0 Å². The van der Waals surface area contributed by atoms with Crippen LogP contribution in [0.5, 0.6) is 11.5 Å². The Morgan fingerprint density at radius 1 is 0.952 bits per heavy atom. The minimum absolute atomic E-state index is 0.502. The first-order valence-electron chi connectivity index (χ1n) is 7.18. The molecule has 0 saturated carbocycles. The standard InChI is InChI=1S/C18H22O3/c1-20-16-11-15(12-17(13-16)21-2)18(19)10-6-9-14-7-4-3-5-8-14/h3-5,7-8,11-13,18-19H,6,9-10H2,1-2H3. The fraction of sp³-hybridized carbons (Fsp3) is 0.333. The molecule has 1 N–H and O–H groups in total. The van der Waals surface area contributed by atoms with Crippen molar-refractivity contribution in [3.05, 3.63) is 59.7 Å². The van der Waals surface area contributed by atoms with E-state index in [-0.39, 0.29) is 0 Å². The summed E-state index contributed by atoms with van der Waals surface area (Å²) in [5, 5.41) is 10.3. The molecular weight excluding hydrogens is 264 g/mol. The summed E-state index contributed by atoms with van der Waals surface area (Å²) in [4.78, 5) is 0. The molecule has 21 heavy (non-hydrogen) atoms. The number of aliphatic hydroxyl groups excluding tert-OH is 1. The molecule has 0 radical (unpaired) electrons. The Balaban J connectivity index is 1.95. The molecule has 0 aliphatic rings. The summed E-state index contributed by atoms with van der Waals surface area (Å²) in [6.07, 6.45) is 2.12. The summed E-state index contributed by atoms with van der Waals surface area (Å²) in [6.45, 7) is 0. The summed E-state index contributed by atoms with van der Waals surface area (Å²) < 4.78 is 10.5. The summed E-state index contributed by atoms with van der Waals surface area (Å²) in [5.74, 6) is 1.40. The van der Waals surface area contributed by atoms with Gasteiger partial charge in [0.15, 0.2) is 0 Å². The van der Waals surface area contributed by atoms with E-state index in [1.54, 1.807) is 20.3 Å². The van der Waals surface area contributed by atoms with Crippen molar-refractivity contribution in [2.24, 2.45) is 0 Å². The third-order valence-corrected chi connectivity index (χ3v) is 3.54. The van der Waals surface area contributed by atoms with Crippen LogP contribution in [0.2, 0.25) is 0 Å². The molecule has 0 spiro atoms. The molecule has 0 fully saturated rings. The van der Waals surface area contributed by atoms with E-state index < -0.39 is 6.10 Å². The van der Waals surface area contributed by atoms with E-state index in [0.29, 0.717) is 17.9 Å². The normalized spacial score (nSPS) is 12.0. The number of methoxy groups -OCH3 is 2. The zero-order valence-electron chi connectivity index (χ0n) is 12.6. The molecule has 0 saturated heterocycles. The summed E-state index contributed by atoms with van der Waals surface area (Å²) in [5.41, 5.74) is 2.13. The largest absolute Gasteiger partial charge is 0.497 e. The highest BCUT2D eigenvalue weighted by Crippen LogP contribution is 2.28. The van der Waals surface area contributed by atoms with Crippen LogP contribution in [0.15, 0.2) is 48.5 Å². The molecular formula is C18H22O3. The first-order valence-corrected chi connectivity index (χ1v) is 7.18. The van der Waals surface area contributed by atoms with Gasteiger partial charge in [-0.2, -0.15) is 0 Å². The summed E-state index contributed by atoms with van der Waals surface area (Å²) in [6, 6.07) is 15.8. The molecule has 2 aromatic carbocycles. The van der Waals surface area contributed by atoms with Gasteiger partial charge < -0.3 is 14.6 Å². The lowest BCUT2D eigenvalue weighted by Gasteiger charge is -2.14. The average molecular weight is 286 g/mol. The quantitative estimate of drug-likeness (QED) is 0.842. The molecule has 112 valence electrons. The second-order valence-electron chi connectivity index (χ2n) is 5.04. The summed E-state index contributed by atoms with van der Waals surface area (Å²) in [7, 11) is 3.22. The van der Waals surface area contributed by atoms with Gasteiger partial charge in [-0.1, -0.05) is 30.3 Å². The minimum Gasteiger partial charge on any atom is -0.497 e. The number of rotatable bonds is 7. The van der Waals surface area contributed by atoms with Crippen molar-refractivity contribution < 1.29 is 14.6 Å². The van der Waals surface area contributed by atoms with E-state index in [2.05, 4.69) is 12.1 Å². The van der Waals surface area contributed by atoms with Crippen molar-refractivity contribution in [3.63, 3.8) is 0 Å². The first kappa shape index (κ1) is 15.4. The zero-order valence-corrected chi connectivity index (χ0v) is 12.6. The summed E-state index contributed by atoms with van der Waals surface area (Å²) >= 11 is 0. The maximum atomic E-state index is 10.3. The molecule has 3 nitrogen and oxygen atoms in total. The van der Waals surface area contributed by atoms with Crippen LogP contribution in [0.3, 0.4) is 0 Å². The smallest absolute Gasteiger partial charge is 0.122 e. The highest BCUT2D eigenvalue weighted by Gasteiger charge is 2.11. The van der Waals surface area contributed by atoms with Gasteiger partial charge in [-0.25, -0.2) is 0 Å². The van der Waals surface area contributed by atoms with Crippen LogP contribution in [0.1, 0.15) is 30.1 Å². The van der Waals surface area contributed by atoms with Gasteiger partial charge >= 0.3 is 0 Å². The molecule has 0 aliphatic heterocycles. The minimum atomic E-state index is -0.502. The molecule has 0 aliphatic carbocycles. The highest BCUT2D eigenvalue weighted by molar-refractivity contribution is 5.39. The Hall–Kier alpha value is -2.00. The van der Waals surface area contributed by atoms with Crippen molar-refractivity contribution in [2.45, 2.75) is 25.4 Å². The number of benzene rings is 2. The van der Waals surface area contributed by atoms with Crippen LogP contribution < -0.4 is 9.47 Å². The number of ether oxygens (including phenoxy) is 2. The first-order chi connectivity index (χ1) is 10.2. The van der Waals surface area contributed by atoms with Gasteiger partial charge in [-0.05, 0) is 42.5 Å². The van der Waals surface area contributed by atoms with Crippen LogP contribution >= 0.6 is 0 Å². The Bertz CT molecular complexity index is 529. The molecule has 0 amide bonds. The number of aryl methyl sites for hydroxylation is 1. The molecule has 0 heterocycles. The monoisotopic (exact) mass is 286 g/mol. The third-order valence-electron chi connectivity index (χ3n) is 3.54. The van der Waals surface area contributed by atoms with Gasteiger partial charge in [-0.15, -0.1) is 0 Å². The Kier molecular flexibility index (Phi) is 5.64. The van der Waals surface area contributed by atoms with Gasteiger partial charge in [0.25, 0.3) is 0 Å². The number of aliphatic hydroxyl groups is 1. The topological polar surface area (TPSA) is 38.7 Å². The fourth-order valence-corrected chi connectivity index (χ4v) is 2.33. The van der Waals surface area contributed by atoms with Gasteiger partial charge in [0, 0.05) is 6.07 Å². The second kappa shape index (κ2) is 7.70. The van der Waals surface area contributed by atoms with E-state index >= 15 is 0 Å². The number of hydrogen-bond acceptors (Lipinski definition) is 3. The molecule has 0 bridgehead atoms. The third kappa shape index (κ3) is 4.50. The fourth-order valence-electron chi connectivity index (χ4n) is 2.33. The predicted molar refractivity (Wildman–Crippen MR) is 83.9 cm³/mol. The molecule has 3 heteroatoms. The molecule has 1 unspecified atom stereocenters. The van der Waals surface area contributed by atoms with Gasteiger partial charge in [0.1, 0.15) is 11.5 Å². The Morgan fingerprint density at radius 2 is 1.57 bits per heavy atom. The average Bonchev–Trinajstić information content (AvgIpc) is 2.55.